The molecule has 0 saturated carbocycles. The molecule has 0 unspecified atom stereocenters. The van der Waals surface area contributed by atoms with Gasteiger partial charge in [0, 0.05) is 7.05 Å². The Bertz CT molecular complexity index is 856. The van der Waals surface area contributed by atoms with Gasteiger partial charge in [-0.3, -0.25) is 9.25 Å². The van der Waals surface area contributed by atoms with Gasteiger partial charge in [-0.25, -0.2) is 4.98 Å². The summed E-state index contributed by atoms with van der Waals surface area (Å²) in [6.45, 7) is 0. The molecule has 2 heterocycles. The molecule has 0 fully saturated rings. The highest BCUT2D eigenvalue weighted by Gasteiger charge is 2.14. The molecule has 0 spiro atoms. The lowest BCUT2D eigenvalue weighted by Crippen LogP contribution is -1.96. The van der Waals surface area contributed by atoms with Crippen LogP contribution in [0.5, 0.6) is 11.6 Å². The van der Waals surface area contributed by atoms with Gasteiger partial charge >= 0.3 is 7.60 Å². The van der Waals surface area contributed by atoms with E-state index < -0.39 is 7.60 Å². The summed E-state index contributed by atoms with van der Waals surface area (Å²) in [5.74, 6) is 0.878. The van der Waals surface area contributed by atoms with E-state index in [1.807, 2.05) is 0 Å². The maximum absolute atomic E-state index is 11.0. The Morgan fingerprint density at radius 1 is 1.23 bits per heavy atom. The van der Waals surface area contributed by atoms with Crippen molar-refractivity contribution in [2.24, 2.45) is 7.05 Å². The Hall–Kier alpha value is -2.28. The Kier molecular flexibility index (Phi) is 3.66. The smallest absolute Gasteiger partial charge is 0.329 e. The molecule has 3 rings (SSSR count). The minimum absolute atomic E-state index is 0.299. The van der Waals surface area contributed by atoms with Crippen molar-refractivity contribution in [3.63, 3.8) is 0 Å². The van der Waals surface area contributed by atoms with Crippen LogP contribution in [0.4, 0.5) is 0 Å². The van der Waals surface area contributed by atoms with Crippen LogP contribution in [0.3, 0.4) is 0 Å². The summed E-state index contributed by atoms with van der Waals surface area (Å²) < 4.78 is 18.3. The van der Waals surface area contributed by atoms with Crippen LogP contribution in [0, 0.1) is 0 Å². The van der Waals surface area contributed by atoms with Gasteiger partial charge in [0.25, 0.3) is 0 Å². The molecular weight excluding hydrogens is 307 g/mol. The normalized spacial score (nSPS) is 11.8. The van der Waals surface area contributed by atoms with Crippen molar-refractivity contribution in [1.82, 2.24) is 19.7 Å². The molecule has 0 saturated heterocycles. The maximum Gasteiger partial charge on any atom is 0.329 e. The molecule has 0 aliphatic heterocycles. The predicted octanol–water partition coefficient (Wildman–Crippen LogP) is 1.83. The van der Waals surface area contributed by atoms with Crippen LogP contribution in [0.1, 0.15) is 5.56 Å². The lowest BCUT2D eigenvalue weighted by molar-refractivity contribution is 0.371. The van der Waals surface area contributed by atoms with Gasteiger partial charge in [-0.05, 0) is 17.7 Å². The van der Waals surface area contributed by atoms with E-state index in [2.05, 4.69) is 15.1 Å². The van der Waals surface area contributed by atoms with Crippen LogP contribution in [0.25, 0.3) is 11.0 Å². The minimum Gasteiger partial charge on any atom is -0.437 e. The molecule has 114 valence electrons. The molecule has 0 amide bonds. The second-order valence-electron chi connectivity index (χ2n) is 4.75. The SMILES string of the molecule is Cn1ncc2ncnc(Oc3ccc(CP(=O)(O)O)cc3)c21. The predicted molar refractivity (Wildman–Crippen MR) is 78.6 cm³/mol. The summed E-state index contributed by atoms with van der Waals surface area (Å²) >= 11 is 0. The second-order valence-corrected chi connectivity index (χ2v) is 6.40. The van der Waals surface area contributed by atoms with E-state index in [-0.39, 0.29) is 6.16 Å². The van der Waals surface area contributed by atoms with Gasteiger partial charge in [0.2, 0.25) is 5.88 Å². The first-order valence-electron chi connectivity index (χ1n) is 6.36. The fourth-order valence-electron chi connectivity index (χ4n) is 2.06. The number of ether oxygens (including phenoxy) is 1. The molecule has 22 heavy (non-hydrogen) atoms. The van der Waals surface area contributed by atoms with E-state index in [1.165, 1.54) is 6.33 Å². The maximum atomic E-state index is 11.0. The summed E-state index contributed by atoms with van der Waals surface area (Å²) in [7, 11) is -2.31. The highest BCUT2D eigenvalue weighted by Crippen LogP contribution is 2.39. The van der Waals surface area contributed by atoms with E-state index in [4.69, 9.17) is 14.5 Å². The largest absolute Gasteiger partial charge is 0.437 e. The van der Waals surface area contributed by atoms with Gasteiger partial charge < -0.3 is 14.5 Å². The Labute approximate surface area is 125 Å². The van der Waals surface area contributed by atoms with E-state index in [0.717, 1.165) is 0 Å². The zero-order valence-corrected chi connectivity index (χ0v) is 12.5. The molecule has 1 aromatic carbocycles. The summed E-state index contributed by atoms with van der Waals surface area (Å²) in [5, 5.41) is 4.10. The van der Waals surface area contributed by atoms with E-state index in [9.17, 15) is 4.57 Å². The van der Waals surface area contributed by atoms with E-state index >= 15 is 0 Å². The Morgan fingerprint density at radius 2 is 1.95 bits per heavy atom. The average molecular weight is 320 g/mol. The fraction of sp³-hybridized carbons (Fsp3) is 0.154. The number of hydrogen-bond acceptors (Lipinski definition) is 5. The molecule has 2 aromatic heterocycles. The number of hydrogen-bond donors (Lipinski definition) is 2. The second kappa shape index (κ2) is 5.49. The summed E-state index contributed by atoms with van der Waals surface area (Å²) in [6.07, 6.45) is 2.71. The summed E-state index contributed by atoms with van der Waals surface area (Å²) in [5.41, 5.74) is 1.88. The summed E-state index contributed by atoms with van der Waals surface area (Å²) in [6, 6.07) is 6.48. The molecule has 0 aliphatic carbocycles. The zero-order valence-electron chi connectivity index (χ0n) is 11.6. The first-order valence-corrected chi connectivity index (χ1v) is 8.16. The van der Waals surface area contributed by atoms with Gasteiger partial charge in [0.05, 0.1) is 12.4 Å². The van der Waals surface area contributed by atoms with Crippen molar-refractivity contribution in [2.75, 3.05) is 0 Å². The quantitative estimate of drug-likeness (QED) is 0.706. The lowest BCUT2D eigenvalue weighted by atomic mass is 10.2. The van der Waals surface area contributed by atoms with Gasteiger partial charge in [0.15, 0.2) is 0 Å². The monoisotopic (exact) mass is 320 g/mol. The third-order valence-electron chi connectivity index (χ3n) is 3.02. The first kappa shape index (κ1) is 14.6. The molecule has 0 bridgehead atoms. The van der Waals surface area contributed by atoms with Crippen molar-refractivity contribution >= 4 is 18.6 Å². The van der Waals surface area contributed by atoms with Gasteiger partial charge in [-0.15, -0.1) is 0 Å². The molecule has 0 atom stereocenters. The van der Waals surface area contributed by atoms with E-state index in [0.29, 0.717) is 28.2 Å². The van der Waals surface area contributed by atoms with Crippen LogP contribution >= 0.6 is 7.60 Å². The van der Waals surface area contributed by atoms with Crippen molar-refractivity contribution in [1.29, 1.82) is 0 Å². The van der Waals surface area contributed by atoms with Crippen molar-refractivity contribution in [3.8, 4) is 11.6 Å². The Balaban J connectivity index is 1.86. The highest BCUT2D eigenvalue weighted by atomic mass is 31.2. The first-order chi connectivity index (χ1) is 10.4. The highest BCUT2D eigenvalue weighted by molar-refractivity contribution is 7.50. The van der Waals surface area contributed by atoms with Crippen LogP contribution in [0.15, 0.2) is 36.8 Å². The molecule has 2 N–H and O–H groups in total. The van der Waals surface area contributed by atoms with Crippen LogP contribution in [-0.4, -0.2) is 29.5 Å². The molecule has 8 nitrogen and oxygen atoms in total. The lowest BCUT2D eigenvalue weighted by Gasteiger charge is -2.08. The van der Waals surface area contributed by atoms with Gasteiger partial charge in [-0.1, -0.05) is 12.1 Å². The molecular formula is C13H13N4O4P. The van der Waals surface area contributed by atoms with Gasteiger partial charge in [-0.2, -0.15) is 10.1 Å². The number of aromatic nitrogens is 4. The third kappa shape index (κ3) is 3.14. The fourth-order valence-corrected chi connectivity index (χ4v) is 2.75. The molecule has 0 radical (unpaired) electrons. The number of fused-ring (bicyclic) bond motifs is 1. The number of benzene rings is 1. The zero-order chi connectivity index (χ0) is 15.7. The molecule has 9 heteroatoms. The Morgan fingerprint density at radius 3 is 2.64 bits per heavy atom. The van der Waals surface area contributed by atoms with Crippen LogP contribution in [0.2, 0.25) is 0 Å². The number of rotatable bonds is 4. The summed E-state index contributed by atoms with van der Waals surface area (Å²) in [4.78, 5) is 26.1. The van der Waals surface area contributed by atoms with Crippen molar-refractivity contribution in [2.45, 2.75) is 6.16 Å². The minimum atomic E-state index is -4.07. The molecule has 0 aliphatic rings. The standard InChI is InChI=1S/C13H13N4O4P/c1-17-12-11(6-16-17)14-8-15-13(12)21-10-4-2-9(3-5-10)7-22(18,19)20/h2-6,8H,7H2,1H3,(H2,18,19,20). The number of aryl methyl sites for hydroxylation is 1. The topological polar surface area (TPSA) is 110 Å². The van der Waals surface area contributed by atoms with Crippen LogP contribution in [-0.2, 0) is 17.8 Å². The molecule has 3 aromatic rings. The van der Waals surface area contributed by atoms with E-state index in [1.54, 1.807) is 42.2 Å². The van der Waals surface area contributed by atoms with Crippen LogP contribution < -0.4 is 4.74 Å². The van der Waals surface area contributed by atoms with Crippen molar-refractivity contribution < 1.29 is 19.1 Å². The third-order valence-corrected chi connectivity index (χ3v) is 3.80. The average Bonchev–Trinajstić information content (AvgIpc) is 2.82. The number of nitrogens with zero attached hydrogens (tertiary/aromatic N) is 4. The van der Waals surface area contributed by atoms with Gasteiger partial charge in [0.1, 0.15) is 23.1 Å². The van der Waals surface area contributed by atoms with Crippen molar-refractivity contribution in [3.05, 3.63) is 42.4 Å².